The van der Waals surface area contributed by atoms with Gasteiger partial charge in [-0.15, -0.1) is 0 Å². The summed E-state index contributed by atoms with van der Waals surface area (Å²) in [7, 11) is 1.55. The van der Waals surface area contributed by atoms with Gasteiger partial charge in [-0.2, -0.15) is 0 Å². The number of ether oxygens (including phenoxy) is 3. The number of carbonyl (C=O) groups excluding carboxylic acids is 1. The van der Waals surface area contributed by atoms with Crippen molar-refractivity contribution in [2.24, 2.45) is 0 Å². The van der Waals surface area contributed by atoms with Gasteiger partial charge in [0.15, 0.2) is 0 Å². The molecule has 0 saturated heterocycles. The van der Waals surface area contributed by atoms with Gasteiger partial charge in [-0.05, 0) is 54.6 Å². The zero-order valence-corrected chi connectivity index (χ0v) is 17.2. The molecule has 31 heavy (non-hydrogen) atoms. The van der Waals surface area contributed by atoms with Gasteiger partial charge in [-0.3, -0.25) is 4.79 Å². The second-order valence-electron chi connectivity index (χ2n) is 6.53. The van der Waals surface area contributed by atoms with E-state index in [1.54, 1.807) is 43.6 Å². The normalized spacial score (nSPS) is 10.5. The molecule has 0 radical (unpaired) electrons. The van der Waals surface area contributed by atoms with E-state index in [1.807, 2.05) is 0 Å². The Morgan fingerprint density at radius 2 is 1.87 bits per heavy atom. The smallest absolute Gasteiger partial charge is 0.243 e. The molecule has 0 aliphatic heterocycles. The zero-order chi connectivity index (χ0) is 22.2. The summed E-state index contributed by atoms with van der Waals surface area (Å²) in [4.78, 5) is 18.3. The molecule has 0 atom stereocenters. The Morgan fingerprint density at radius 3 is 2.55 bits per heavy atom. The number of pyridine rings is 1. The second-order valence-corrected chi connectivity index (χ2v) is 6.53. The summed E-state index contributed by atoms with van der Waals surface area (Å²) in [6.45, 7) is 1.56. The number of hydrogen-bond donors (Lipinski definition) is 1. The predicted octanol–water partition coefficient (Wildman–Crippen LogP) is 3.95. The lowest BCUT2D eigenvalue weighted by Gasteiger charge is -2.24. The van der Waals surface area contributed by atoms with Crippen molar-refractivity contribution < 1.29 is 28.5 Å². The molecule has 0 bridgehead atoms. The van der Waals surface area contributed by atoms with E-state index in [0.717, 1.165) is 0 Å². The highest BCUT2D eigenvalue weighted by molar-refractivity contribution is 5.92. The van der Waals surface area contributed by atoms with E-state index < -0.39 is 0 Å². The molecule has 0 aliphatic rings. The monoisotopic (exact) mass is 426 g/mol. The molecule has 2 aromatic carbocycles. The molecule has 1 heterocycles. The highest BCUT2D eigenvalue weighted by Gasteiger charge is 2.20. The molecule has 8 heteroatoms. The number of aromatic nitrogens is 1. The van der Waals surface area contributed by atoms with Crippen molar-refractivity contribution in [2.75, 3.05) is 25.2 Å². The molecule has 0 saturated carbocycles. The standard InChI is InChI=1S/C23H23FN2O5/c1-16(28)26(15-17-14-20(29-2)9-10-22(17)30-13-12-27)21-4-3-11-25-23(21)31-19-7-5-18(24)6-8-19/h3-11,14,27H,12-13,15H2,1-2H3. The van der Waals surface area contributed by atoms with E-state index in [1.165, 1.54) is 36.1 Å². The minimum absolute atomic E-state index is 0.116. The minimum atomic E-state index is -0.382. The molecule has 3 aromatic rings. The van der Waals surface area contributed by atoms with Gasteiger partial charge >= 0.3 is 0 Å². The van der Waals surface area contributed by atoms with Crippen LogP contribution in [0.15, 0.2) is 60.8 Å². The van der Waals surface area contributed by atoms with Crippen LogP contribution < -0.4 is 19.1 Å². The molecule has 0 spiro atoms. The number of methoxy groups -OCH3 is 1. The Hall–Kier alpha value is -3.65. The van der Waals surface area contributed by atoms with Crippen LogP contribution in [0.25, 0.3) is 0 Å². The van der Waals surface area contributed by atoms with Crippen LogP contribution in [0, 0.1) is 5.82 Å². The third kappa shape index (κ3) is 5.70. The molecule has 1 aromatic heterocycles. The molecule has 0 fully saturated rings. The number of benzene rings is 2. The van der Waals surface area contributed by atoms with Crippen molar-refractivity contribution in [1.29, 1.82) is 0 Å². The number of rotatable bonds is 9. The van der Waals surface area contributed by atoms with Gasteiger partial charge in [0.2, 0.25) is 11.8 Å². The molecule has 3 rings (SSSR count). The van der Waals surface area contributed by atoms with Gasteiger partial charge in [0, 0.05) is 18.7 Å². The van der Waals surface area contributed by atoms with Crippen LogP contribution in [0.4, 0.5) is 10.1 Å². The highest BCUT2D eigenvalue weighted by atomic mass is 19.1. The van der Waals surface area contributed by atoms with Crippen molar-refractivity contribution in [3.8, 4) is 23.1 Å². The summed E-state index contributed by atoms with van der Waals surface area (Å²) in [5.41, 5.74) is 1.12. The van der Waals surface area contributed by atoms with Gasteiger partial charge in [0.1, 0.15) is 35.4 Å². The zero-order valence-electron chi connectivity index (χ0n) is 17.2. The lowest BCUT2D eigenvalue weighted by atomic mass is 10.1. The summed E-state index contributed by atoms with van der Waals surface area (Å²) in [5.74, 6) is 1.08. The maximum Gasteiger partial charge on any atom is 0.243 e. The topological polar surface area (TPSA) is 81.1 Å². The number of hydrogen-bond acceptors (Lipinski definition) is 6. The van der Waals surface area contributed by atoms with Crippen LogP contribution in [0.2, 0.25) is 0 Å². The number of carbonyl (C=O) groups is 1. The first-order valence-corrected chi connectivity index (χ1v) is 9.59. The number of nitrogens with zero attached hydrogens (tertiary/aromatic N) is 2. The number of aliphatic hydroxyl groups is 1. The van der Waals surface area contributed by atoms with Crippen molar-refractivity contribution in [3.05, 3.63) is 72.2 Å². The second kappa shape index (κ2) is 10.4. The first-order valence-electron chi connectivity index (χ1n) is 9.59. The van der Waals surface area contributed by atoms with Crippen molar-refractivity contribution >= 4 is 11.6 Å². The molecule has 1 N–H and O–H groups in total. The maximum atomic E-state index is 13.2. The predicted molar refractivity (Wildman–Crippen MR) is 113 cm³/mol. The average Bonchev–Trinajstić information content (AvgIpc) is 2.78. The molecule has 0 unspecified atom stereocenters. The van der Waals surface area contributed by atoms with E-state index in [4.69, 9.17) is 19.3 Å². The Kier molecular flexibility index (Phi) is 7.40. The highest BCUT2D eigenvalue weighted by Crippen LogP contribution is 2.33. The van der Waals surface area contributed by atoms with Crippen molar-refractivity contribution in [2.45, 2.75) is 13.5 Å². The summed E-state index contributed by atoms with van der Waals surface area (Å²) in [6, 6.07) is 14.1. The summed E-state index contributed by atoms with van der Waals surface area (Å²) in [5, 5.41) is 9.10. The number of anilines is 1. The minimum Gasteiger partial charge on any atom is -0.497 e. The SMILES string of the molecule is COc1ccc(OCCO)c(CN(C(C)=O)c2cccnc2Oc2ccc(F)cc2)c1. The number of amides is 1. The van der Waals surface area contributed by atoms with Gasteiger partial charge in [-0.25, -0.2) is 9.37 Å². The first-order chi connectivity index (χ1) is 15.0. The summed E-state index contributed by atoms with van der Waals surface area (Å²) < 4.78 is 29.9. The largest absolute Gasteiger partial charge is 0.497 e. The average molecular weight is 426 g/mol. The third-order valence-electron chi connectivity index (χ3n) is 4.40. The Morgan fingerprint density at radius 1 is 1.13 bits per heavy atom. The Bertz CT molecular complexity index is 1030. The van der Waals surface area contributed by atoms with Gasteiger partial charge in [0.05, 0.1) is 20.3 Å². The van der Waals surface area contributed by atoms with Crippen LogP contribution in [0.5, 0.6) is 23.1 Å². The van der Waals surface area contributed by atoms with Crippen LogP contribution in [-0.2, 0) is 11.3 Å². The van der Waals surface area contributed by atoms with Crippen molar-refractivity contribution in [1.82, 2.24) is 4.98 Å². The fourth-order valence-corrected chi connectivity index (χ4v) is 2.92. The lowest BCUT2D eigenvalue weighted by Crippen LogP contribution is -2.28. The number of aliphatic hydroxyl groups excluding tert-OH is 1. The van der Waals surface area contributed by atoms with Crippen LogP contribution in [0.1, 0.15) is 12.5 Å². The summed E-state index contributed by atoms with van der Waals surface area (Å²) >= 11 is 0. The maximum absolute atomic E-state index is 13.2. The van der Waals surface area contributed by atoms with Crippen LogP contribution in [0.3, 0.4) is 0 Å². The molecule has 1 amide bonds. The first kappa shape index (κ1) is 22.0. The van der Waals surface area contributed by atoms with Gasteiger partial charge < -0.3 is 24.2 Å². The van der Waals surface area contributed by atoms with Gasteiger partial charge in [0.25, 0.3) is 0 Å². The molecule has 7 nitrogen and oxygen atoms in total. The van der Waals surface area contributed by atoms with E-state index in [0.29, 0.717) is 28.5 Å². The lowest BCUT2D eigenvalue weighted by molar-refractivity contribution is -0.116. The Labute approximate surface area is 179 Å². The van der Waals surface area contributed by atoms with E-state index in [9.17, 15) is 9.18 Å². The third-order valence-corrected chi connectivity index (χ3v) is 4.40. The van der Waals surface area contributed by atoms with E-state index >= 15 is 0 Å². The Balaban J connectivity index is 1.95. The fourth-order valence-electron chi connectivity index (χ4n) is 2.92. The molecular weight excluding hydrogens is 403 g/mol. The van der Waals surface area contributed by atoms with Crippen LogP contribution in [-0.4, -0.2) is 36.3 Å². The fraction of sp³-hybridized carbons (Fsp3) is 0.217. The molecule has 0 aliphatic carbocycles. The quantitative estimate of drug-likeness (QED) is 0.558. The van der Waals surface area contributed by atoms with Crippen molar-refractivity contribution in [3.63, 3.8) is 0 Å². The molecular formula is C23H23FN2O5. The van der Waals surface area contributed by atoms with E-state index in [-0.39, 0.29) is 37.4 Å². The van der Waals surface area contributed by atoms with E-state index in [2.05, 4.69) is 4.98 Å². The van der Waals surface area contributed by atoms with Crippen LogP contribution >= 0.6 is 0 Å². The summed E-state index contributed by atoms with van der Waals surface area (Å²) in [6.07, 6.45) is 1.54. The molecule has 162 valence electrons. The number of halogens is 1. The van der Waals surface area contributed by atoms with Gasteiger partial charge in [-0.1, -0.05) is 0 Å².